The molecule has 0 aromatic carbocycles. The Morgan fingerprint density at radius 2 is 1.93 bits per heavy atom. The van der Waals surface area contributed by atoms with Crippen molar-refractivity contribution < 1.29 is 9.47 Å². The van der Waals surface area contributed by atoms with E-state index in [1.165, 1.54) is 0 Å². The van der Waals surface area contributed by atoms with Crippen LogP contribution in [0.25, 0.3) is 0 Å². The summed E-state index contributed by atoms with van der Waals surface area (Å²) in [5.74, 6) is 0.691. The van der Waals surface area contributed by atoms with Gasteiger partial charge >= 0.3 is 0 Å². The molecule has 2 atom stereocenters. The second kappa shape index (κ2) is 4.42. The summed E-state index contributed by atoms with van der Waals surface area (Å²) in [6.45, 7) is 12.0. The number of methoxy groups -OCH3 is 1. The lowest BCUT2D eigenvalue weighted by molar-refractivity contribution is -0.140. The van der Waals surface area contributed by atoms with Crippen LogP contribution in [-0.4, -0.2) is 25.4 Å². The van der Waals surface area contributed by atoms with Gasteiger partial charge in [-0.1, -0.05) is 13.8 Å². The van der Waals surface area contributed by atoms with E-state index in [1.807, 2.05) is 0 Å². The molecule has 0 radical (unpaired) electrons. The van der Waals surface area contributed by atoms with Crippen LogP contribution in [-0.2, 0) is 9.47 Å². The Kier molecular flexibility index (Phi) is 3.83. The van der Waals surface area contributed by atoms with E-state index in [-0.39, 0.29) is 11.0 Å². The third-order valence-electron chi connectivity index (χ3n) is 3.70. The predicted octanol–water partition coefficient (Wildman–Crippen LogP) is 3.25. The molecule has 2 heteroatoms. The third-order valence-corrected chi connectivity index (χ3v) is 3.70. The van der Waals surface area contributed by atoms with Gasteiger partial charge in [-0.05, 0) is 44.9 Å². The molecule has 2 nitrogen and oxygen atoms in total. The number of rotatable bonds is 3. The van der Waals surface area contributed by atoms with Crippen LogP contribution < -0.4 is 0 Å². The Morgan fingerprint density at radius 1 is 1.33 bits per heavy atom. The van der Waals surface area contributed by atoms with Crippen molar-refractivity contribution in [1.82, 2.24) is 0 Å². The van der Waals surface area contributed by atoms with E-state index < -0.39 is 0 Å². The normalized spacial score (nSPS) is 31.2. The van der Waals surface area contributed by atoms with E-state index in [9.17, 15) is 0 Å². The number of hydrogen-bond acceptors (Lipinski definition) is 2. The summed E-state index contributed by atoms with van der Waals surface area (Å²) < 4.78 is 11.3. The zero-order valence-electron chi connectivity index (χ0n) is 11.1. The van der Waals surface area contributed by atoms with Crippen LogP contribution in [0.4, 0.5) is 0 Å². The van der Waals surface area contributed by atoms with Gasteiger partial charge in [0.1, 0.15) is 0 Å². The average Bonchev–Trinajstić information content (AvgIpc) is 2.12. The minimum atomic E-state index is 0.0354. The molecule has 1 rings (SSSR count). The summed E-state index contributed by atoms with van der Waals surface area (Å²) in [6.07, 6.45) is 2.62. The van der Waals surface area contributed by atoms with E-state index >= 15 is 0 Å². The minimum Gasteiger partial charge on any atom is -0.382 e. The molecule has 1 fully saturated rings. The van der Waals surface area contributed by atoms with E-state index in [0.29, 0.717) is 12.0 Å². The van der Waals surface area contributed by atoms with E-state index in [2.05, 4.69) is 34.6 Å². The van der Waals surface area contributed by atoms with Crippen LogP contribution in [0, 0.1) is 11.3 Å². The lowest BCUT2D eigenvalue weighted by atomic mass is 9.69. The Labute approximate surface area is 94.3 Å². The summed E-state index contributed by atoms with van der Waals surface area (Å²) in [6, 6.07) is 0. The lowest BCUT2D eigenvalue weighted by Crippen LogP contribution is -2.45. The molecule has 0 N–H and O–H groups in total. The van der Waals surface area contributed by atoms with E-state index in [1.54, 1.807) is 7.11 Å². The quantitative estimate of drug-likeness (QED) is 0.718. The second-order valence-corrected chi connectivity index (χ2v) is 6.22. The van der Waals surface area contributed by atoms with Crippen molar-refractivity contribution >= 4 is 0 Å². The molecular formula is C13H26O2. The Morgan fingerprint density at radius 3 is 2.47 bits per heavy atom. The molecule has 90 valence electrons. The van der Waals surface area contributed by atoms with Gasteiger partial charge in [0.25, 0.3) is 0 Å². The van der Waals surface area contributed by atoms with E-state index in [0.717, 1.165) is 19.4 Å². The van der Waals surface area contributed by atoms with Gasteiger partial charge < -0.3 is 9.47 Å². The monoisotopic (exact) mass is 214 g/mol. The van der Waals surface area contributed by atoms with Gasteiger partial charge in [0, 0.05) is 7.11 Å². The molecule has 0 aromatic rings. The zero-order chi connectivity index (χ0) is 11.7. The zero-order valence-corrected chi connectivity index (χ0v) is 11.1. The molecule has 0 bridgehead atoms. The molecular weight excluding hydrogens is 188 g/mol. The van der Waals surface area contributed by atoms with Gasteiger partial charge in [0.2, 0.25) is 0 Å². The van der Waals surface area contributed by atoms with Gasteiger partial charge in [-0.25, -0.2) is 0 Å². The van der Waals surface area contributed by atoms with Gasteiger partial charge in [-0.15, -0.1) is 0 Å². The molecule has 0 amide bonds. The number of ether oxygens (including phenoxy) is 2. The first kappa shape index (κ1) is 13.0. The van der Waals surface area contributed by atoms with Crippen molar-refractivity contribution in [2.75, 3.05) is 13.7 Å². The highest BCUT2D eigenvalue weighted by atomic mass is 16.5. The molecule has 0 aromatic heterocycles. The van der Waals surface area contributed by atoms with Gasteiger partial charge in [-0.2, -0.15) is 0 Å². The summed E-state index contributed by atoms with van der Waals surface area (Å²) in [5.41, 5.74) is 0.315. The fraction of sp³-hybridized carbons (Fsp3) is 1.00. The highest BCUT2D eigenvalue weighted by molar-refractivity contribution is 4.90. The summed E-state index contributed by atoms with van der Waals surface area (Å²) in [5, 5.41) is 0. The highest BCUT2D eigenvalue weighted by Crippen LogP contribution is 2.42. The maximum atomic E-state index is 5.89. The number of hydrogen-bond donors (Lipinski definition) is 0. The second-order valence-electron chi connectivity index (χ2n) is 6.22. The molecule has 1 aliphatic rings. The van der Waals surface area contributed by atoms with Gasteiger partial charge in [-0.3, -0.25) is 0 Å². The third kappa shape index (κ3) is 3.46. The van der Waals surface area contributed by atoms with Gasteiger partial charge in [0.15, 0.2) is 0 Å². The molecule has 15 heavy (non-hydrogen) atoms. The van der Waals surface area contributed by atoms with Crippen LogP contribution in [0.15, 0.2) is 0 Å². The maximum absolute atomic E-state index is 5.89. The molecule has 1 heterocycles. The molecule has 1 aliphatic heterocycles. The summed E-state index contributed by atoms with van der Waals surface area (Å²) in [7, 11) is 1.79. The molecule has 0 aliphatic carbocycles. The fourth-order valence-electron chi connectivity index (χ4n) is 2.33. The van der Waals surface area contributed by atoms with Crippen molar-refractivity contribution in [1.29, 1.82) is 0 Å². The van der Waals surface area contributed by atoms with Crippen LogP contribution >= 0.6 is 0 Å². The first-order valence-electron chi connectivity index (χ1n) is 5.93. The average molecular weight is 214 g/mol. The van der Waals surface area contributed by atoms with Crippen molar-refractivity contribution in [3.05, 3.63) is 0 Å². The smallest absolute Gasteiger partial charge is 0.0629 e. The van der Waals surface area contributed by atoms with Gasteiger partial charge in [0.05, 0.1) is 18.3 Å². The maximum Gasteiger partial charge on any atom is 0.0629 e. The van der Waals surface area contributed by atoms with E-state index in [4.69, 9.17) is 9.47 Å². The lowest BCUT2D eigenvalue weighted by Gasteiger charge is -2.46. The Hall–Kier alpha value is -0.0800. The van der Waals surface area contributed by atoms with Crippen LogP contribution in [0.1, 0.15) is 47.5 Å². The molecule has 0 unspecified atom stereocenters. The van der Waals surface area contributed by atoms with Crippen molar-refractivity contribution in [3.63, 3.8) is 0 Å². The minimum absolute atomic E-state index is 0.0354. The summed E-state index contributed by atoms with van der Waals surface area (Å²) in [4.78, 5) is 0. The fourth-order valence-corrected chi connectivity index (χ4v) is 2.33. The molecule has 0 spiro atoms. The standard InChI is InChI=1S/C13H26O2/c1-10(14-6)7-11-8-13(4,5)15-9-12(11,2)3/h10-11H,7-9H2,1-6H3/t10-,11-/m0/s1. The van der Waals surface area contributed by atoms with Crippen molar-refractivity contribution in [2.45, 2.75) is 59.2 Å². The molecule has 0 saturated carbocycles. The molecule has 1 saturated heterocycles. The van der Waals surface area contributed by atoms with Crippen LogP contribution in [0.3, 0.4) is 0 Å². The van der Waals surface area contributed by atoms with Crippen LogP contribution in [0.5, 0.6) is 0 Å². The topological polar surface area (TPSA) is 18.5 Å². The first-order valence-corrected chi connectivity index (χ1v) is 5.93. The van der Waals surface area contributed by atoms with Crippen molar-refractivity contribution in [3.8, 4) is 0 Å². The highest BCUT2D eigenvalue weighted by Gasteiger charge is 2.41. The summed E-state index contributed by atoms with van der Waals surface area (Å²) >= 11 is 0. The van der Waals surface area contributed by atoms with Crippen molar-refractivity contribution in [2.24, 2.45) is 11.3 Å². The largest absolute Gasteiger partial charge is 0.382 e. The Balaban J connectivity index is 2.64. The Bertz CT molecular complexity index is 209. The van der Waals surface area contributed by atoms with Crippen LogP contribution in [0.2, 0.25) is 0 Å². The first-order chi connectivity index (χ1) is 6.77. The SMILES string of the molecule is CO[C@@H](C)C[C@H]1CC(C)(C)OCC1(C)C. The predicted molar refractivity (Wildman–Crippen MR) is 63.0 cm³/mol.